The van der Waals surface area contributed by atoms with E-state index in [1.807, 2.05) is 0 Å². The van der Waals surface area contributed by atoms with Crippen LogP contribution in [-0.2, 0) is 23.6 Å². The largest absolute Gasteiger partial charge is 0.396 e. The molecule has 0 bridgehead atoms. The molecule has 2 N–H and O–H groups in total. The summed E-state index contributed by atoms with van der Waals surface area (Å²) in [6.07, 6.45) is 3.34. The molecule has 0 aliphatic rings. The van der Waals surface area contributed by atoms with Crippen LogP contribution in [0.4, 0.5) is 5.69 Å². The predicted molar refractivity (Wildman–Crippen MR) is 82.7 cm³/mol. The molecule has 9 heteroatoms. The average molecular weight is 349 g/mol. The molecule has 1 aromatic carbocycles. The Labute approximate surface area is 133 Å². The van der Waals surface area contributed by atoms with Crippen LogP contribution in [0.5, 0.6) is 0 Å². The minimum absolute atomic E-state index is 0.0502. The van der Waals surface area contributed by atoms with Gasteiger partial charge in [0.05, 0.1) is 21.9 Å². The number of aryl methyl sites for hydroxylation is 1. The summed E-state index contributed by atoms with van der Waals surface area (Å²) < 4.78 is 27.9. The number of anilines is 1. The van der Waals surface area contributed by atoms with Crippen LogP contribution in [0.1, 0.15) is 5.56 Å². The first kappa shape index (κ1) is 16.1. The van der Waals surface area contributed by atoms with Crippen molar-refractivity contribution in [1.29, 1.82) is 0 Å². The van der Waals surface area contributed by atoms with Crippen molar-refractivity contribution in [3.8, 4) is 0 Å². The lowest BCUT2D eigenvalue weighted by Gasteiger charge is -2.18. The fourth-order valence-corrected chi connectivity index (χ4v) is 3.71. The fraction of sp³-hybridized carbons (Fsp3) is 0.250. The SMILES string of the molecule is CN(Cc1cnn(C)c1)S(=O)(=O)c1ccc(Cl)c(N)c1Cl. The smallest absolute Gasteiger partial charge is 0.244 e. The highest BCUT2D eigenvalue weighted by molar-refractivity contribution is 7.89. The van der Waals surface area contributed by atoms with Crippen molar-refractivity contribution in [3.63, 3.8) is 0 Å². The molecule has 0 unspecified atom stereocenters. The van der Waals surface area contributed by atoms with Crippen LogP contribution in [0.2, 0.25) is 10.0 Å². The van der Waals surface area contributed by atoms with E-state index in [1.165, 1.54) is 23.5 Å². The molecule has 6 nitrogen and oxygen atoms in total. The number of aromatic nitrogens is 2. The summed E-state index contributed by atoms with van der Waals surface area (Å²) in [6.45, 7) is 0.176. The van der Waals surface area contributed by atoms with Gasteiger partial charge in [-0.05, 0) is 12.1 Å². The van der Waals surface area contributed by atoms with Gasteiger partial charge in [-0.25, -0.2) is 8.42 Å². The molecule has 0 amide bonds. The third-order valence-corrected chi connectivity index (χ3v) is 5.64. The summed E-state index contributed by atoms with van der Waals surface area (Å²) in [6, 6.07) is 2.75. The summed E-state index contributed by atoms with van der Waals surface area (Å²) >= 11 is 11.8. The van der Waals surface area contributed by atoms with Gasteiger partial charge in [0, 0.05) is 32.4 Å². The van der Waals surface area contributed by atoms with Crippen molar-refractivity contribution in [3.05, 3.63) is 40.1 Å². The maximum absolute atomic E-state index is 12.5. The topological polar surface area (TPSA) is 81.2 Å². The summed E-state index contributed by atoms with van der Waals surface area (Å²) in [7, 11) is -0.552. The third kappa shape index (κ3) is 3.16. The highest BCUT2D eigenvalue weighted by Crippen LogP contribution is 2.34. The number of benzene rings is 1. The zero-order valence-corrected chi connectivity index (χ0v) is 13.7. The monoisotopic (exact) mass is 348 g/mol. The summed E-state index contributed by atoms with van der Waals surface area (Å²) in [5.74, 6) is 0. The molecule has 0 aliphatic heterocycles. The highest BCUT2D eigenvalue weighted by atomic mass is 35.5. The fourth-order valence-electron chi connectivity index (χ4n) is 1.81. The molecule has 2 aromatic rings. The molecule has 2 rings (SSSR count). The van der Waals surface area contributed by atoms with Gasteiger partial charge in [-0.2, -0.15) is 9.40 Å². The Balaban J connectivity index is 2.35. The van der Waals surface area contributed by atoms with Gasteiger partial charge in [-0.3, -0.25) is 4.68 Å². The Morgan fingerprint density at radius 2 is 2.05 bits per heavy atom. The first-order valence-electron chi connectivity index (χ1n) is 5.91. The van der Waals surface area contributed by atoms with Gasteiger partial charge >= 0.3 is 0 Å². The van der Waals surface area contributed by atoms with Gasteiger partial charge in [0.2, 0.25) is 10.0 Å². The first-order chi connectivity index (χ1) is 9.73. The Hall–Kier alpha value is -1.28. The van der Waals surface area contributed by atoms with Gasteiger partial charge in [-0.1, -0.05) is 23.2 Å². The van der Waals surface area contributed by atoms with Gasteiger partial charge in [0.25, 0.3) is 0 Å². The number of hydrogen-bond donors (Lipinski definition) is 1. The molecular weight excluding hydrogens is 335 g/mol. The lowest BCUT2D eigenvalue weighted by Crippen LogP contribution is -2.26. The molecule has 0 atom stereocenters. The van der Waals surface area contributed by atoms with Crippen LogP contribution in [0.25, 0.3) is 0 Å². The van der Waals surface area contributed by atoms with Crippen LogP contribution in [-0.4, -0.2) is 29.6 Å². The lowest BCUT2D eigenvalue weighted by atomic mass is 10.3. The van der Waals surface area contributed by atoms with E-state index in [0.717, 1.165) is 5.56 Å². The number of hydrogen-bond acceptors (Lipinski definition) is 4. The van der Waals surface area contributed by atoms with Crippen LogP contribution >= 0.6 is 23.2 Å². The Morgan fingerprint density at radius 1 is 1.38 bits per heavy atom. The van der Waals surface area contributed by atoms with Crippen molar-refractivity contribution >= 4 is 38.9 Å². The molecule has 0 saturated heterocycles. The van der Waals surface area contributed by atoms with Crippen molar-refractivity contribution in [2.24, 2.45) is 7.05 Å². The minimum Gasteiger partial charge on any atom is -0.396 e. The van der Waals surface area contributed by atoms with Gasteiger partial charge in [-0.15, -0.1) is 0 Å². The standard InChI is InChI=1S/C12H14Cl2N4O2S/c1-17-6-8(5-16-17)7-18(2)21(19,20)10-4-3-9(13)12(15)11(10)14/h3-6H,7,15H2,1-2H3. The third-order valence-electron chi connectivity index (χ3n) is 2.94. The lowest BCUT2D eigenvalue weighted by molar-refractivity contribution is 0.466. The zero-order chi connectivity index (χ0) is 15.8. The van der Waals surface area contributed by atoms with Crippen molar-refractivity contribution in [2.45, 2.75) is 11.4 Å². The number of nitrogens with two attached hydrogens (primary N) is 1. The van der Waals surface area contributed by atoms with E-state index in [1.54, 1.807) is 24.1 Å². The van der Waals surface area contributed by atoms with Gasteiger partial charge in [0.15, 0.2) is 0 Å². The number of nitrogen functional groups attached to an aromatic ring is 1. The molecule has 114 valence electrons. The van der Waals surface area contributed by atoms with Crippen LogP contribution in [0.15, 0.2) is 29.4 Å². The zero-order valence-electron chi connectivity index (χ0n) is 11.4. The molecule has 0 radical (unpaired) electrons. The van der Waals surface area contributed by atoms with Crippen LogP contribution < -0.4 is 5.73 Å². The summed E-state index contributed by atoms with van der Waals surface area (Å²) in [4.78, 5) is -0.0718. The van der Waals surface area contributed by atoms with Crippen LogP contribution in [0.3, 0.4) is 0 Å². The molecule has 0 aliphatic carbocycles. The summed E-state index contributed by atoms with van der Waals surface area (Å²) in [5.41, 5.74) is 6.49. The molecule has 0 saturated carbocycles. The second kappa shape index (κ2) is 5.84. The normalized spacial score (nSPS) is 12.0. The number of nitrogens with zero attached hydrogens (tertiary/aromatic N) is 3. The maximum Gasteiger partial charge on any atom is 0.244 e. The Kier molecular flexibility index (Phi) is 4.48. The van der Waals surface area contributed by atoms with Crippen molar-refractivity contribution in [1.82, 2.24) is 14.1 Å². The molecule has 21 heavy (non-hydrogen) atoms. The second-order valence-corrected chi connectivity index (χ2v) is 7.35. The van der Waals surface area contributed by atoms with Crippen LogP contribution in [0, 0.1) is 0 Å². The number of halogens is 2. The average Bonchev–Trinajstić information content (AvgIpc) is 2.81. The molecular formula is C12H14Cl2N4O2S. The van der Waals surface area contributed by atoms with E-state index in [0.29, 0.717) is 0 Å². The Bertz CT molecular complexity index is 774. The highest BCUT2D eigenvalue weighted by Gasteiger charge is 2.25. The quantitative estimate of drug-likeness (QED) is 0.858. The van der Waals surface area contributed by atoms with Gasteiger partial charge < -0.3 is 5.73 Å². The van der Waals surface area contributed by atoms with E-state index in [2.05, 4.69) is 5.10 Å². The van der Waals surface area contributed by atoms with E-state index >= 15 is 0 Å². The molecule has 0 fully saturated rings. The number of rotatable bonds is 4. The Morgan fingerprint density at radius 3 is 2.62 bits per heavy atom. The van der Waals surface area contributed by atoms with E-state index < -0.39 is 10.0 Å². The van der Waals surface area contributed by atoms with E-state index in [-0.39, 0.29) is 27.2 Å². The molecule has 1 heterocycles. The van der Waals surface area contributed by atoms with Gasteiger partial charge in [0.1, 0.15) is 4.90 Å². The maximum atomic E-state index is 12.5. The van der Waals surface area contributed by atoms with Crippen molar-refractivity contribution < 1.29 is 8.42 Å². The van der Waals surface area contributed by atoms with Crippen molar-refractivity contribution in [2.75, 3.05) is 12.8 Å². The second-order valence-electron chi connectivity index (χ2n) is 4.56. The molecule has 0 spiro atoms. The predicted octanol–water partition coefficient (Wildman–Crippen LogP) is 2.13. The number of sulfonamides is 1. The summed E-state index contributed by atoms with van der Waals surface area (Å²) in [5, 5.41) is 4.15. The van der Waals surface area contributed by atoms with E-state index in [4.69, 9.17) is 28.9 Å². The minimum atomic E-state index is -3.77. The van der Waals surface area contributed by atoms with E-state index in [9.17, 15) is 8.42 Å². The first-order valence-corrected chi connectivity index (χ1v) is 8.10. The molecule has 1 aromatic heterocycles.